The summed E-state index contributed by atoms with van der Waals surface area (Å²) >= 11 is 0. The zero-order valence-corrected chi connectivity index (χ0v) is 15.3. The number of piperidine rings is 1. The Labute approximate surface area is 158 Å². The van der Waals surface area contributed by atoms with Gasteiger partial charge in [-0.05, 0) is 55.6 Å². The van der Waals surface area contributed by atoms with E-state index >= 15 is 0 Å². The number of nitrogens with zero attached hydrogens (tertiary/aromatic N) is 1. The molecule has 1 aliphatic heterocycles. The molecule has 4 nitrogen and oxygen atoms in total. The third-order valence-corrected chi connectivity index (χ3v) is 4.98. The summed E-state index contributed by atoms with van der Waals surface area (Å²) < 4.78 is 26.6. The van der Waals surface area contributed by atoms with Gasteiger partial charge in [0.2, 0.25) is 0 Å². The number of likely N-dealkylation sites (tertiary alicyclic amines) is 1. The molecule has 0 aromatic heterocycles. The van der Waals surface area contributed by atoms with Gasteiger partial charge in [-0.3, -0.25) is 4.90 Å². The number of hydrogen-bond acceptors (Lipinski definition) is 2. The Hall–Kier alpha value is -2.47. The lowest BCUT2D eigenvalue weighted by atomic mass is 9.96. The van der Waals surface area contributed by atoms with Crippen LogP contribution in [0.15, 0.2) is 48.5 Å². The predicted octanol–water partition coefficient (Wildman–Crippen LogP) is 3.68. The summed E-state index contributed by atoms with van der Waals surface area (Å²) in [4.78, 5) is 14.2. The molecule has 1 saturated heterocycles. The summed E-state index contributed by atoms with van der Waals surface area (Å²) in [5.74, 6) is -0.0119. The molecule has 0 aliphatic carbocycles. The van der Waals surface area contributed by atoms with Gasteiger partial charge in [0.15, 0.2) is 0 Å². The first-order valence-electron chi connectivity index (χ1n) is 9.32. The number of carbonyl (C=O) groups is 1. The van der Waals surface area contributed by atoms with Crippen LogP contribution in [0.25, 0.3) is 0 Å². The van der Waals surface area contributed by atoms with Crippen LogP contribution >= 0.6 is 0 Å². The second-order valence-electron chi connectivity index (χ2n) is 7.00. The van der Waals surface area contributed by atoms with Crippen molar-refractivity contribution in [3.63, 3.8) is 0 Å². The van der Waals surface area contributed by atoms with Crippen molar-refractivity contribution in [2.75, 3.05) is 19.6 Å². The lowest BCUT2D eigenvalue weighted by molar-refractivity contribution is 0.173. The van der Waals surface area contributed by atoms with Crippen molar-refractivity contribution in [1.29, 1.82) is 0 Å². The normalized spacial score (nSPS) is 15.5. The fraction of sp³-hybridized carbons (Fsp3) is 0.381. The summed E-state index contributed by atoms with van der Waals surface area (Å²) in [6.07, 6.45) is 1.96. The molecule has 2 aromatic rings. The van der Waals surface area contributed by atoms with Crippen molar-refractivity contribution < 1.29 is 13.6 Å². The summed E-state index contributed by atoms with van der Waals surface area (Å²) in [5.41, 5.74) is 1.59. The number of urea groups is 1. The highest BCUT2D eigenvalue weighted by Crippen LogP contribution is 2.19. The van der Waals surface area contributed by atoms with Crippen LogP contribution in [0.3, 0.4) is 0 Å². The van der Waals surface area contributed by atoms with Crippen molar-refractivity contribution in [3.05, 3.63) is 71.3 Å². The van der Waals surface area contributed by atoms with Crippen molar-refractivity contribution >= 4 is 6.03 Å². The van der Waals surface area contributed by atoms with E-state index in [1.54, 1.807) is 18.2 Å². The smallest absolute Gasteiger partial charge is 0.315 e. The number of amides is 2. The minimum atomic E-state index is -0.287. The second kappa shape index (κ2) is 9.46. The first-order valence-corrected chi connectivity index (χ1v) is 9.32. The Morgan fingerprint density at radius 2 is 1.70 bits per heavy atom. The zero-order chi connectivity index (χ0) is 19.1. The number of halogens is 2. The molecule has 1 heterocycles. The van der Waals surface area contributed by atoms with Gasteiger partial charge in [0.1, 0.15) is 11.6 Å². The van der Waals surface area contributed by atoms with Crippen LogP contribution in [-0.2, 0) is 13.1 Å². The standard InChI is InChI=1S/C21H25F2N3O/c22-19-7-5-16(6-8-19)13-24-21(27)25-14-17-9-11-26(12-10-17)15-18-3-1-2-4-20(18)23/h1-8,17H,9-15H2,(H2,24,25,27). The van der Waals surface area contributed by atoms with Crippen molar-refractivity contribution in [1.82, 2.24) is 15.5 Å². The average molecular weight is 373 g/mol. The molecule has 6 heteroatoms. The number of carbonyl (C=O) groups excluding carboxylic acids is 1. The molecule has 0 radical (unpaired) electrons. The molecule has 3 rings (SSSR count). The van der Waals surface area contributed by atoms with Crippen LogP contribution < -0.4 is 10.6 Å². The first kappa shape index (κ1) is 19.3. The number of rotatable bonds is 6. The monoisotopic (exact) mass is 373 g/mol. The third-order valence-electron chi connectivity index (χ3n) is 4.98. The fourth-order valence-corrected chi connectivity index (χ4v) is 3.30. The van der Waals surface area contributed by atoms with Crippen molar-refractivity contribution in [2.24, 2.45) is 5.92 Å². The van der Waals surface area contributed by atoms with Crippen LogP contribution in [-0.4, -0.2) is 30.6 Å². The highest BCUT2D eigenvalue weighted by atomic mass is 19.1. The Bertz CT molecular complexity index is 743. The minimum Gasteiger partial charge on any atom is -0.338 e. The molecule has 2 aromatic carbocycles. The maximum atomic E-state index is 13.7. The predicted molar refractivity (Wildman–Crippen MR) is 101 cm³/mol. The van der Waals surface area contributed by atoms with Gasteiger partial charge < -0.3 is 10.6 Å². The van der Waals surface area contributed by atoms with E-state index in [4.69, 9.17) is 0 Å². The van der Waals surface area contributed by atoms with E-state index in [9.17, 15) is 13.6 Å². The van der Waals surface area contributed by atoms with E-state index in [2.05, 4.69) is 15.5 Å². The Kier molecular flexibility index (Phi) is 6.76. The molecule has 1 fully saturated rings. The Morgan fingerprint density at radius 3 is 2.41 bits per heavy atom. The molecule has 0 bridgehead atoms. The third kappa shape index (κ3) is 6.03. The summed E-state index contributed by atoms with van der Waals surface area (Å²) in [5, 5.41) is 5.69. The number of benzene rings is 2. The Balaban J connectivity index is 1.33. The highest BCUT2D eigenvalue weighted by Gasteiger charge is 2.20. The maximum Gasteiger partial charge on any atom is 0.315 e. The molecule has 1 aliphatic rings. The quantitative estimate of drug-likeness (QED) is 0.811. The summed E-state index contributed by atoms with van der Waals surface area (Å²) in [7, 11) is 0. The van der Waals surface area contributed by atoms with E-state index in [1.165, 1.54) is 18.2 Å². The van der Waals surface area contributed by atoms with Gasteiger partial charge in [-0.2, -0.15) is 0 Å². The van der Waals surface area contributed by atoms with Crippen molar-refractivity contribution in [2.45, 2.75) is 25.9 Å². The van der Waals surface area contributed by atoms with Crippen LogP contribution in [0.5, 0.6) is 0 Å². The molecule has 2 amide bonds. The molecule has 0 saturated carbocycles. The van der Waals surface area contributed by atoms with Crippen LogP contribution in [0, 0.1) is 17.6 Å². The zero-order valence-electron chi connectivity index (χ0n) is 15.3. The molecule has 0 unspecified atom stereocenters. The number of nitrogens with one attached hydrogen (secondary N) is 2. The fourth-order valence-electron chi connectivity index (χ4n) is 3.30. The van der Waals surface area contributed by atoms with Gasteiger partial charge in [0.05, 0.1) is 0 Å². The molecule has 0 atom stereocenters. The molecule has 0 spiro atoms. The van der Waals surface area contributed by atoms with Gasteiger partial charge >= 0.3 is 6.03 Å². The van der Waals surface area contributed by atoms with E-state index < -0.39 is 0 Å². The minimum absolute atomic E-state index is 0.154. The van der Waals surface area contributed by atoms with E-state index in [-0.39, 0.29) is 17.7 Å². The molecule has 27 heavy (non-hydrogen) atoms. The highest BCUT2D eigenvalue weighted by molar-refractivity contribution is 5.73. The van der Waals surface area contributed by atoms with Gasteiger partial charge in [-0.25, -0.2) is 13.6 Å². The molecule has 2 N–H and O–H groups in total. The number of hydrogen-bond donors (Lipinski definition) is 2. The summed E-state index contributed by atoms with van der Waals surface area (Å²) in [6, 6.07) is 12.7. The molecular formula is C21H25F2N3O. The largest absolute Gasteiger partial charge is 0.338 e. The lowest BCUT2D eigenvalue weighted by Gasteiger charge is -2.32. The van der Waals surface area contributed by atoms with E-state index in [1.807, 2.05) is 12.1 Å². The SMILES string of the molecule is O=C(NCc1ccc(F)cc1)NCC1CCN(Cc2ccccc2F)CC1. The van der Waals surface area contributed by atoms with Crippen molar-refractivity contribution in [3.8, 4) is 0 Å². The first-order chi connectivity index (χ1) is 13.1. The van der Waals surface area contributed by atoms with Gasteiger partial charge in [0, 0.05) is 25.2 Å². The van der Waals surface area contributed by atoms with E-state index in [0.29, 0.717) is 25.6 Å². The van der Waals surface area contributed by atoms with Gasteiger partial charge in [-0.1, -0.05) is 30.3 Å². The topological polar surface area (TPSA) is 44.4 Å². The molecular weight excluding hydrogens is 348 g/mol. The van der Waals surface area contributed by atoms with Crippen LogP contribution in [0.2, 0.25) is 0 Å². The Morgan fingerprint density at radius 1 is 1.00 bits per heavy atom. The summed E-state index contributed by atoms with van der Waals surface area (Å²) in [6.45, 7) is 3.43. The second-order valence-corrected chi connectivity index (χ2v) is 7.00. The van der Waals surface area contributed by atoms with Crippen LogP contribution in [0.4, 0.5) is 13.6 Å². The maximum absolute atomic E-state index is 13.7. The average Bonchev–Trinajstić information content (AvgIpc) is 2.69. The van der Waals surface area contributed by atoms with Gasteiger partial charge in [-0.15, -0.1) is 0 Å². The van der Waals surface area contributed by atoms with Gasteiger partial charge in [0.25, 0.3) is 0 Å². The molecule has 144 valence electrons. The lowest BCUT2D eigenvalue weighted by Crippen LogP contribution is -2.41. The van der Waals surface area contributed by atoms with E-state index in [0.717, 1.165) is 37.1 Å². The van der Waals surface area contributed by atoms with Crippen LogP contribution in [0.1, 0.15) is 24.0 Å².